The third-order valence-corrected chi connectivity index (χ3v) is 16.1. The maximum atomic E-state index is 9.18. The van der Waals surface area contributed by atoms with E-state index in [1.807, 2.05) is 159 Å². The normalized spacial score (nSPS) is 16.1. The van der Waals surface area contributed by atoms with Crippen molar-refractivity contribution < 1.29 is 24.1 Å². The second kappa shape index (κ2) is 28.3. The van der Waals surface area contributed by atoms with Crippen LogP contribution in [0.1, 0.15) is 91.0 Å². The van der Waals surface area contributed by atoms with Gasteiger partial charge < -0.3 is 48.8 Å². The first-order chi connectivity index (χ1) is 44.2. The highest BCUT2D eigenvalue weighted by atomic mass is 16.5. The third kappa shape index (κ3) is 13.8. The maximum absolute atomic E-state index is 9.18. The molecule has 4 aliphatic rings. The molecule has 0 unspecified atom stereocenters. The number of fused-ring (bicyclic) bond motifs is 6. The summed E-state index contributed by atoms with van der Waals surface area (Å²) in [6.07, 6.45) is 20.2. The Balaban J connectivity index is 0.000000140. The molecule has 23 heteroatoms. The number of hydrogen-bond acceptors (Lipinski definition) is 17. The van der Waals surface area contributed by atoms with Gasteiger partial charge in [-0.1, -0.05) is 25.1 Å². The molecule has 3 aliphatic carbocycles. The average Bonchev–Trinajstić information content (AvgIpc) is 1.72. The molecule has 0 aromatic carbocycles. The number of H-pyrrole nitrogens is 3. The van der Waals surface area contributed by atoms with Crippen LogP contribution in [-0.4, -0.2) is 192 Å². The van der Waals surface area contributed by atoms with Crippen LogP contribution in [0.25, 0.3) is 33.5 Å². The van der Waals surface area contributed by atoms with Crippen molar-refractivity contribution >= 4 is 84.8 Å². The number of aromatic nitrogens is 9. The summed E-state index contributed by atoms with van der Waals surface area (Å²) in [7, 11) is 8.18. The molecule has 0 atom stereocenters. The summed E-state index contributed by atoms with van der Waals surface area (Å²) < 4.78 is 29.0. The van der Waals surface area contributed by atoms with E-state index in [1.165, 1.54) is 12.8 Å². The Labute approximate surface area is 528 Å². The van der Waals surface area contributed by atoms with E-state index in [2.05, 4.69) is 51.9 Å². The standard InChI is InChI=1S/C23H26N6O3.C23H28N6O.C22H26N6O/c24-20-16-6-7-25-21(16)19(31-13-11-28-8-3-4-9-28)15-17(20)26-22-18-5-1-2-10-29(18)27-23(22)32-14-12-30;1-14-13-17(20(24)19-15(2)16(3)25-21(14)19)26-22-18-9-6-7-11-29(18)27-23(22)30-12-8-10-28(4)5;1-4-15-14-17(19(23)16-9-10-24-20(15)16)25-21-18-8-5-6-12-28(18)26-22(21)29-13-7-11-27(2)3/h1-2,5-7,10,15,24-25,30H,3-4,8-9,11-14H2;6-7,9,11,13,24-25H,8,10,12H2,1-5H3;5-6,8-10,12,14,23-24H,4,7,11,13H2,1-3H3. The van der Waals surface area contributed by atoms with Crippen LogP contribution < -0.4 is 14.2 Å². The van der Waals surface area contributed by atoms with Crippen molar-refractivity contribution in [2.75, 3.05) is 93.9 Å². The van der Waals surface area contributed by atoms with Crippen LogP contribution in [0.15, 0.2) is 131 Å². The van der Waals surface area contributed by atoms with E-state index >= 15 is 0 Å². The van der Waals surface area contributed by atoms with Gasteiger partial charge in [-0.3, -0.25) is 21.1 Å². The molecule has 9 aromatic rings. The number of hydrogen-bond donors (Lipinski definition) is 7. The Morgan fingerprint density at radius 3 is 1.56 bits per heavy atom. The SMILES string of the molecule is CC1=CC(=Nc2c(OCCCN(C)C)nn3ccccc23)C(=N)c2c1[nH]c(C)c2C.CCC1=CC(=Nc2c(OCCCN(C)C)nn3ccccc23)C(=N)c2cc[nH]c21.N=C1C(=Nc2c(OCCO)nn3ccccc23)C=C(OCCN2CCCC2)c2[nH]ccc21. The Hall–Kier alpha value is -9.81. The number of rotatable bonds is 21. The molecule has 23 nitrogen and oxygen atoms in total. The van der Waals surface area contributed by atoms with Crippen LogP contribution in [-0.2, 0) is 4.74 Å². The Morgan fingerprint density at radius 2 is 1.05 bits per heavy atom. The number of aryl methyl sites for hydroxylation is 1. The number of pyridine rings is 3. The number of aliphatic hydroxyl groups excluding tert-OH is 1. The van der Waals surface area contributed by atoms with Gasteiger partial charge in [-0.05, 0) is 172 Å². The molecule has 1 fully saturated rings. The van der Waals surface area contributed by atoms with Gasteiger partial charge >= 0.3 is 0 Å². The van der Waals surface area contributed by atoms with Crippen molar-refractivity contribution in [3.05, 3.63) is 161 Å². The first-order valence-corrected chi connectivity index (χ1v) is 30.9. The van der Waals surface area contributed by atoms with Crippen molar-refractivity contribution in [2.45, 2.75) is 59.8 Å². The second-order valence-electron chi connectivity index (χ2n) is 23.2. The number of ether oxygens (including phenoxy) is 4. The fourth-order valence-electron chi connectivity index (χ4n) is 11.3. The Bertz CT molecular complexity index is 4340. The molecule has 472 valence electrons. The molecule has 0 spiro atoms. The van der Waals surface area contributed by atoms with Crippen LogP contribution in [0.5, 0.6) is 17.6 Å². The molecule has 91 heavy (non-hydrogen) atoms. The first-order valence-electron chi connectivity index (χ1n) is 30.9. The molecule has 0 amide bonds. The van der Waals surface area contributed by atoms with Gasteiger partial charge in [0.1, 0.15) is 19.0 Å². The summed E-state index contributed by atoms with van der Waals surface area (Å²) in [6.45, 7) is 14.9. The number of allylic oxidation sites excluding steroid dienone is 5. The monoisotopic (exact) mass is 1230 g/mol. The number of aliphatic imine (C=N–C) groups is 3. The lowest BCUT2D eigenvalue weighted by atomic mass is 9.92. The van der Waals surface area contributed by atoms with Gasteiger partial charge in [-0.25, -0.2) is 28.5 Å². The highest BCUT2D eigenvalue weighted by Gasteiger charge is 2.29. The fraction of sp³-hybridized carbons (Fsp3) is 0.338. The summed E-state index contributed by atoms with van der Waals surface area (Å²) >= 11 is 0. The average molecular weight is 1230 g/mol. The minimum atomic E-state index is -0.124. The predicted molar refractivity (Wildman–Crippen MR) is 361 cm³/mol. The van der Waals surface area contributed by atoms with Gasteiger partial charge in [0.15, 0.2) is 17.1 Å². The van der Waals surface area contributed by atoms with E-state index in [-0.39, 0.29) is 13.2 Å². The highest BCUT2D eigenvalue weighted by molar-refractivity contribution is 6.55. The van der Waals surface area contributed by atoms with Gasteiger partial charge in [0.2, 0.25) is 0 Å². The molecular formula is C68H80N18O5. The van der Waals surface area contributed by atoms with Crippen LogP contribution in [0, 0.1) is 30.1 Å². The zero-order chi connectivity index (χ0) is 63.7. The third-order valence-electron chi connectivity index (χ3n) is 16.1. The number of aromatic amines is 3. The summed E-state index contributed by atoms with van der Waals surface area (Å²) in [5, 5.41) is 48.9. The van der Waals surface area contributed by atoms with E-state index in [4.69, 9.17) is 50.2 Å². The largest absolute Gasteiger partial charge is 0.490 e. The number of nitrogens with one attached hydrogen (secondary N) is 6. The van der Waals surface area contributed by atoms with Crippen molar-refractivity contribution in [3.63, 3.8) is 0 Å². The molecule has 10 heterocycles. The highest BCUT2D eigenvalue weighted by Crippen LogP contribution is 2.38. The molecular weight excluding hydrogens is 1150 g/mol. The van der Waals surface area contributed by atoms with Crippen molar-refractivity contribution in [2.24, 2.45) is 15.0 Å². The quantitative estimate of drug-likeness (QED) is 0.0332. The lowest BCUT2D eigenvalue weighted by molar-refractivity contribution is 0.197. The van der Waals surface area contributed by atoms with Gasteiger partial charge in [0.05, 0.1) is 87.7 Å². The summed E-state index contributed by atoms with van der Waals surface area (Å²) in [4.78, 5) is 31.0. The smallest absolute Gasteiger partial charge is 0.260 e. The molecule has 0 saturated carbocycles. The summed E-state index contributed by atoms with van der Waals surface area (Å²) in [6, 6.07) is 21.2. The topological polar surface area (TPSA) is 275 Å². The molecule has 1 aliphatic heterocycles. The van der Waals surface area contributed by atoms with Crippen LogP contribution >= 0.6 is 0 Å². The van der Waals surface area contributed by atoms with Crippen molar-refractivity contribution in [1.82, 2.24) is 58.5 Å². The van der Waals surface area contributed by atoms with E-state index < -0.39 is 0 Å². The Morgan fingerprint density at radius 1 is 0.571 bits per heavy atom. The first kappa shape index (κ1) is 62.8. The molecule has 7 N–H and O–H groups in total. The van der Waals surface area contributed by atoms with Crippen LogP contribution in [0.3, 0.4) is 0 Å². The van der Waals surface area contributed by atoms with Crippen molar-refractivity contribution in [3.8, 4) is 17.6 Å². The van der Waals surface area contributed by atoms with E-state index in [9.17, 15) is 5.11 Å². The Kier molecular flexibility index (Phi) is 19.6. The fourth-order valence-corrected chi connectivity index (χ4v) is 11.3. The molecule has 9 aromatic heterocycles. The molecule has 1 saturated heterocycles. The lowest BCUT2D eigenvalue weighted by Crippen LogP contribution is -2.25. The predicted octanol–water partition coefficient (Wildman–Crippen LogP) is 10.7. The van der Waals surface area contributed by atoms with Gasteiger partial charge in [-0.15, -0.1) is 15.3 Å². The number of aliphatic hydroxyl groups is 1. The van der Waals surface area contributed by atoms with Gasteiger partial charge in [-0.2, -0.15) is 0 Å². The second-order valence-corrected chi connectivity index (χ2v) is 23.2. The molecule has 0 radical (unpaired) electrons. The van der Waals surface area contributed by atoms with E-state index in [1.54, 1.807) is 19.6 Å². The molecule has 0 bridgehead atoms. The molecule has 13 rings (SSSR count). The van der Waals surface area contributed by atoms with Crippen LogP contribution in [0.4, 0.5) is 17.1 Å². The van der Waals surface area contributed by atoms with Crippen LogP contribution in [0.2, 0.25) is 0 Å². The van der Waals surface area contributed by atoms with Gasteiger partial charge in [0, 0.05) is 79.1 Å². The minimum Gasteiger partial charge on any atom is -0.490 e. The maximum Gasteiger partial charge on any atom is 0.260 e. The zero-order valence-electron chi connectivity index (χ0n) is 53.0. The number of nitrogens with zero attached hydrogens (tertiary/aromatic N) is 12. The van der Waals surface area contributed by atoms with E-state index in [0.29, 0.717) is 94.6 Å². The number of likely N-dealkylation sites (tertiary alicyclic amines) is 1. The van der Waals surface area contributed by atoms with Gasteiger partial charge in [0.25, 0.3) is 17.6 Å². The lowest BCUT2D eigenvalue weighted by Gasteiger charge is -2.19. The zero-order valence-corrected chi connectivity index (χ0v) is 53.0. The summed E-state index contributed by atoms with van der Waals surface area (Å²) in [5.41, 5.74) is 17.0. The van der Waals surface area contributed by atoms with E-state index in [0.717, 1.165) is 125 Å². The van der Waals surface area contributed by atoms with Crippen molar-refractivity contribution in [1.29, 1.82) is 16.2 Å². The minimum absolute atomic E-state index is 0.113. The summed E-state index contributed by atoms with van der Waals surface area (Å²) in [5.74, 6) is 1.99.